The minimum Gasteiger partial charge on any atom is -0.507 e. The molecule has 0 saturated carbocycles. The SMILES string of the molecule is CCCCCN1C(=O)C(=O)/C(=C(\O)c2ccc(OCC)cc2)C1c1ccccn1. The number of rotatable bonds is 8. The molecule has 29 heavy (non-hydrogen) atoms. The topological polar surface area (TPSA) is 79.7 Å². The zero-order chi connectivity index (χ0) is 20.8. The largest absolute Gasteiger partial charge is 0.507 e. The summed E-state index contributed by atoms with van der Waals surface area (Å²) in [5, 5.41) is 11.0. The van der Waals surface area contributed by atoms with Crippen molar-refractivity contribution < 1.29 is 19.4 Å². The highest BCUT2D eigenvalue weighted by Crippen LogP contribution is 2.38. The van der Waals surface area contributed by atoms with Gasteiger partial charge < -0.3 is 14.7 Å². The lowest BCUT2D eigenvalue weighted by molar-refractivity contribution is -0.140. The molecule has 0 aliphatic carbocycles. The number of ketones is 1. The Morgan fingerprint density at radius 1 is 1.10 bits per heavy atom. The molecule has 0 spiro atoms. The summed E-state index contributed by atoms with van der Waals surface area (Å²) in [6.07, 6.45) is 4.37. The van der Waals surface area contributed by atoms with E-state index < -0.39 is 17.7 Å². The molecule has 1 aliphatic heterocycles. The van der Waals surface area contributed by atoms with Crippen LogP contribution >= 0.6 is 0 Å². The average molecular weight is 394 g/mol. The number of hydrogen-bond donors (Lipinski definition) is 1. The first-order valence-corrected chi connectivity index (χ1v) is 10.0. The first kappa shape index (κ1) is 20.6. The highest BCUT2D eigenvalue weighted by atomic mass is 16.5. The van der Waals surface area contributed by atoms with E-state index in [0.29, 0.717) is 30.2 Å². The van der Waals surface area contributed by atoms with Crippen molar-refractivity contribution in [3.8, 4) is 5.75 Å². The Bertz CT molecular complexity index is 891. The van der Waals surface area contributed by atoms with Crippen molar-refractivity contribution in [3.63, 3.8) is 0 Å². The smallest absolute Gasteiger partial charge is 0.295 e. The third kappa shape index (κ3) is 4.31. The first-order valence-electron chi connectivity index (χ1n) is 10.0. The molecule has 1 N–H and O–H groups in total. The molecule has 0 bridgehead atoms. The molecule has 1 aliphatic rings. The number of Topliss-reactive ketones (excluding diaryl/α,β-unsaturated/α-hetero) is 1. The van der Waals surface area contributed by atoms with Gasteiger partial charge in [-0.3, -0.25) is 14.6 Å². The summed E-state index contributed by atoms with van der Waals surface area (Å²) < 4.78 is 5.43. The number of nitrogens with zero attached hydrogens (tertiary/aromatic N) is 2. The van der Waals surface area contributed by atoms with Gasteiger partial charge >= 0.3 is 0 Å². The monoisotopic (exact) mass is 394 g/mol. The minimum atomic E-state index is -0.695. The molecular weight excluding hydrogens is 368 g/mol. The van der Waals surface area contributed by atoms with Crippen molar-refractivity contribution >= 4 is 17.4 Å². The van der Waals surface area contributed by atoms with Gasteiger partial charge in [0.25, 0.3) is 11.7 Å². The van der Waals surface area contributed by atoms with Crippen molar-refractivity contribution in [3.05, 3.63) is 65.5 Å². The number of hydrogen-bond acceptors (Lipinski definition) is 5. The lowest BCUT2D eigenvalue weighted by Gasteiger charge is -2.24. The van der Waals surface area contributed by atoms with Gasteiger partial charge in [0.2, 0.25) is 0 Å². The molecule has 6 heteroatoms. The van der Waals surface area contributed by atoms with Crippen LogP contribution in [-0.2, 0) is 9.59 Å². The van der Waals surface area contributed by atoms with Crippen LogP contribution in [0.25, 0.3) is 5.76 Å². The second-order valence-electron chi connectivity index (χ2n) is 6.91. The molecule has 1 saturated heterocycles. The standard InChI is InChI=1S/C23H26N2O4/c1-3-5-8-15-25-20(18-9-6-7-14-24-18)19(22(27)23(25)28)21(26)16-10-12-17(13-11-16)29-4-2/h6-7,9-14,20,26H,3-5,8,15H2,1-2H3/b21-19-. The third-order valence-corrected chi connectivity index (χ3v) is 4.95. The molecule has 2 aromatic rings. The Kier molecular flexibility index (Phi) is 6.65. The summed E-state index contributed by atoms with van der Waals surface area (Å²) in [6.45, 7) is 4.95. The van der Waals surface area contributed by atoms with E-state index in [4.69, 9.17) is 4.74 Å². The van der Waals surface area contributed by atoms with Crippen LogP contribution in [0.3, 0.4) is 0 Å². The predicted molar refractivity (Wildman–Crippen MR) is 110 cm³/mol. The minimum absolute atomic E-state index is 0.0781. The van der Waals surface area contributed by atoms with E-state index >= 15 is 0 Å². The molecule has 0 radical (unpaired) electrons. The zero-order valence-electron chi connectivity index (χ0n) is 16.8. The lowest BCUT2D eigenvalue weighted by Crippen LogP contribution is -2.31. The van der Waals surface area contributed by atoms with Crippen LogP contribution < -0.4 is 4.74 Å². The normalized spacial score (nSPS) is 18.3. The number of ether oxygens (including phenoxy) is 1. The quantitative estimate of drug-likeness (QED) is 0.316. The fourth-order valence-corrected chi connectivity index (χ4v) is 3.52. The number of pyridine rings is 1. The number of aliphatic hydroxyl groups is 1. The van der Waals surface area contributed by atoms with Gasteiger partial charge in [-0.25, -0.2) is 0 Å². The molecule has 1 amide bonds. The molecule has 1 aromatic heterocycles. The number of aromatic nitrogens is 1. The third-order valence-electron chi connectivity index (χ3n) is 4.95. The average Bonchev–Trinajstić information content (AvgIpc) is 3.00. The molecule has 1 aromatic carbocycles. The molecule has 2 heterocycles. The summed E-state index contributed by atoms with van der Waals surface area (Å²) in [5.74, 6) is -0.793. The van der Waals surface area contributed by atoms with E-state index in [-0.39, 0.29) is 11.3 Å². The number of unbranched alkanes of at least 4 members (excludes halogenated alkanes) is 2. The molecule has 3 rings (SSSR count). The van der Waals surface area contributed by atoms with E-state index in [0.717, 1.165) is 19.3 Å². The van der Waals surface area contributed by atoms with E-state index in [1.54, 1.807) is 42.6 Å². The van der Waals surface area contributed by atoms with Crippen LogP contribution in [0.4, 0.5) is 0 Å². The number of amides is 1. The Hall–Kier alpha value is -3.15. The highest BCUT2D eigenvalue weighted by molar-refractivity contribution is 6.46. The molecule has 1 atom stereocenters. The van der Waals surface area contributed by atoms with Gasteiger partial charge in [0.15, 0.2) is 0 Å². The maximum atomic E-state index is 12.9. The van der Waals surface area contributed by atoms with Gasteiger partial charge in [-0.2, -0.15) is 0 Å². The molecule has 6 nitrogen and oxygen atoms in total. The van der Waals surface area contributed by atoms with Crippen LogP contribution in [0, 0.1) is 0 Å². The number of benzene rings is 1. The molecule has 1 unspecified atom stereocenters. The number of likely N-dealkylation sites (tertiary alicyclic amines) is 1. The van der Waals surface area contributed by atoms with E-state index in [1.807, 2.05) is 13.0 Å². The Labute approximate surface area is 170 Å². The van der Waals surface area contributed by atoms with Crippen LogP contribution in [-0.4, -0.2) is 39.8 Å². The summed E-state index contributed by atoms with van der Waals surface area (Å²) in [7, 11) is 0. The lowest BCUT2D eigenvalue weighted by atomic mass is 9.98. The van der Waals surface area contributed by atoms with Gasteiger partial charge in [-0.05, 0) is 49.7 Å². The molecule has 152 valence electrons. The summed E-state index contributed by atoms with van der Waals surface area (Å²) in [5.41, 5.74) is 1.10. The second-order valence-corrected chi connectivity index (χ2v) is 6.91. The van der Waals surface area contributed by atoms with Gasteiger partial charge in [-0.1, -0.05) is 25.8 Å². The van der Waals surface area contributed by atoms with Crippen molar-refractivity contribution in [2.75, 3.05) is 13.2 Å². The Balaban J connectivity index is 2.04. The Morgan fingerprint density at radius 3 is 2.48 bits per heavy atom. The fourth-order valence-electron chi connectivity index (χ4n) is 3.52. The highest BCUT2D eigenvalue weighted by Gasteiger charge is 2.46. The van der Waals surface area contributed by atoms with Crippen LogP contribution in [0.1, 0.15) is 50.4 Å². The van der Waals surface area contributed by atoms with Crippen molar-refractivity contribution in [2.24, 2.45) is 0 Å². The second kappa shape index (κ2) is 9.37. The van der Waals surface area contributed by atoms with Gasteiger partial charge in [0.1, 0.15) is 17.6 Å². The first-order chi connectivity index (χ1) is 14.1. The van der Waals surface area contributed by atoms with E-state index in [9.17, 15) is 14.7 Å². The number of carbonyl (C=O) groups excluding carboxylic acids is 2. The Morgan fingerprint density at radius 2 is 1.86 bits per heavy atom. The zero-order valence-corrected chi connectivity index (χ0v) is 16.8. The van der Waals surface area contributed by atoms with Crippen LogP contribution in [0.15, 0.2) is 54.2 Å². The van der Waals surface area contributed by atoms with Gasteiger partial charge in [-0.15, -0.1) is 0 Å². The maximum absolute atomic E-state index is 12.9. The van der Waals surface area contributed by atoms with Crippen molar-refractivity contribution in [1.82, 2.24) is 9.88 Å². The number of carbonyl (C=O) groups is 2. The van der Waals surface area contributed by atoms with E-state index in [2.05, 4.69) is 11.9 Å². The summed E-state index contributed by atoms with van der Waals surface area (Å²) >= 11 is 0. The molecule has 1 fully saturated rings. The van der Waals surface area contributed by atoms with E-state index in [1.165, 1.54) is 4.90 Å². The van der Waals surface area contributed by atoms with Crippen molar-refractivity contribution in [1.29, 1.82) is 0 Å². The van der Waals surface area contributed by atoms with Gasteiger partial charge in [0.05, 0.1) is 17.9 Å². The van der Waals surface area contributed by atoms with Crippen molar-refractivity contribution in [2.45, 2.75) is 39.2 Å². The molecular formula is C23H26N2O4. The van der Waals surface area contributed by atoms with Gasteiger partial charge in [0, 0.05) is 18.3 Å². The summed E-state index contributed by atoms with van der Waals surface area (Å²) in [4.78, 5) is 31.5. The summed E-state index contributed by atoms with van der Waals surface area (Å²) in [6, 6.07) is 11.5. The number of aliphatic hydroxyl groups excluding tert-OH is 1. The van der Waals surface area contributed by atoms with Crippen LogP contribution in [0.2, 0.25) is 0 Å². The van der Waals surface area contributed by atoms with Crippen LogP contribution in [0.5, 0.6) is 5.75 Å². The predicted octanol–water partition coefficient (Wildman–Crippen LogP) is 4.09. The maximum Gasteiger partial charge on any atom is 0.295 e. The fraction of sp³-hybridized carbons (Fsp3) is 0.348.